The van der Waals surface area contributed by atoms with Gasteiger partial charge in [-0.1, -0.05) is 42.5 Å². The Bertz CT molecular complexity index is 1580. The first kappa shape index (κ1) is 21.1. The van der Waals surface area contributed by atoms with E-state index in [2.05, 4.69) is 15.3 Å². The molecule has 0 saturated heterocycles. The van der Waals surface area contributed by atoms with Gasteiger partial charge in [-0.25, -0.2) is 9.97 Å². The number of imidazole rings is 1. The van der Waals surface area contributed by atoms with Crippen molar-refractivity contribution in [1.29, 1.82) is 0 Å². The van der Waals surface area contributed by atoms with Crippen molar-refractivity contribution in [3.63, 3.8) is 0 Å². The number of aromatic nitrogens is 5. The summed E-state index contributed by atoms with van der Waals surface area (Å²) < 4.78 is 31.3. The van der Waals surface area contributed by atoms with Gasteiger partial charge >= 0.3 is 0 Å². The van der Waals surface area contributed by atoms with Gasteiger partial charge in [0, 0.05) is 17.0 Å². The average molecular weight is 466 g/mol. The Morgan fingerprint density at radius 2 is 1.57 bits per heavy atom. The van der Waals surface area contributed by atoms with Crippen molar-refractivity contribution in [3.8, 4) is 28.5 Å². The van der Waals surface area contributed by atoms with Crippen LogP contribution in [0.1, 0.15) is 25.2 Å². The Hall–Kier alpha value is -4.46. The minimum atomic E-state index is -0.946. The van der Waals surface area contributed by atoms with Gasteiger partial charge in [0.1, 0.15) is 17.5 Å². The van der Waals surface area contributed by atoms with Gasteiger partial charge in [0.15, 0.2) is 0 Å². The van der Waals surface area contributed by atoms with Crippen LogP contribution in [0.3, 0.4) is 0 Å². The first-order valence-electron chi connectivity index (χ1n) is 11.1. The molecule has 35 heavy (non-hydrogen) atoms. The summed E-state index contributed by atoms with van der Waals surface area (Å²) in [4.78, 5) is 17.8. The SMILES string of the molecule is CC1(C)c2cccc(n2)-c2c(cc(F)nc2F)Nc2cnc(-c3ccccc3)n2-c2cccc1n2. The van der Waals surface area contributed by atoms with Crippen LogP contribution in [0, 0.1) is 11.9 Å². The molecule has 1 N–H and O–H groups in total. The van der Waals surface area contributed by atoms with E-state index < -0.39 is 17.3 Å². The number of fused-ring (bicyclic) bond motifs is 8. The lowest BCUT2D eigenvalue weighted by atomic mass is 9.84. The van der Waals surface area contributed by atoms with Gasteiger partial charge in [0.2, 0.25) is 11.9 Å². The molecule has 1 aromatic carbocycles. The molecule has 0 unspecified atom stereocenters. The fraction of sp³-hybridized carbons (Fsp3) is 0.111. The molecular weight excluding hydrogens is 446 g/mol. The third-order valence-corrected chi connectivity index (χ3v) is 6.25. The Labute approximate surface area is 200 Å². The number of rotatable bonds is 1. The molecule has 1 aliphatic rings. The summed E-state index contributed by atoms with van der Waals surface area (Å²) in [5.41, 5.74) is 2.37. The highest BCUT2D eigenvalue weighted by Crippen LogP contribution is 2.37. The molecule has 0 spiro atoms. The van der Waals surface area contributed by atoms with Crippen molar-refractivity contribution in [3.05, 3.63) is 102 Å². The third kappa shape index (κ3) is 3.45. The molecule has 0 aliphatic carbocycles. The van der Waals surface area contributed by atoms with Gasteiger partial charge in [-0.15, -0.1) is 0 Å². The maximum Gasteiger partial charge on any atom is 0.227 e. The second-order valence-corrected chi connectivity index (χ2v) is 8.87. The highest BCUT2D eigenvalue weighted by molar-refractivity contribution is 5.79. The standard InChI is InChI=1S/C27H20F2N6/c1-27(2)19-11-6-10-17(31-19)24-18(14-21(28)34-25(24)29)32-23-15-30-26(16-8-4-3-5-9-16)35(23)22-13-7-12-20(27)33-22/h3-15,32H,1-2H3. The summed E-state index contributed by atoms with van der Waals surface area (Å²) in [5.74, 6) is -0.136. The molecule has 5 aromatic rings. The summed E-state index contributed by atoms with van der Waals surface area (Å²) in [5, 5.41) is 3.17. The number of anilines is 2. The summed E-state index contributed by atoms with van der Waals surface area (Å²) in [6, 6.07) is 22.0. The smallest absolute Gasteiger partial charge is 0.227 e. The van der Waals surface area contributed by atoms with Crippen molar-refractivity contribution in [2.75, 3.05) is 5.32 Å². The minimum Gasteiger partial charge on any atom is -0.339 e. The molecule has 4 aromatic heterocycles. The van der Waals surface area contributed by atoms with Crippen LogP contribution in [-0.4, -0.2) is 24.5 Å². The third-order valence-electron chi connectivity index (χ3n) is 6.25. The van der Waals surface area contributed by atoms with Crippen LogP contribution in [0.5, 0.6) is 0 Å². The number of nitrogens with zero attached hydrogens (tertiary/aromatic N) is 5. The first-order chi connectivity index (χ1) is 16.9. The number of nitrogens with one attached hydrogen (secondary N) is 1. The molecule has 0 saturated carbocycles. The Morgan fingerprint density at radius 1 is 0.829 bits per heavy atom. The number of hydrogen-bond acceptors (Lipinski definition) is 5. The van der Waals surface area contributed by atoms with Crippen LogP contribution < -0.4 is 5.32 Å². The molecule has 4 bridgehead atoms. The van der Waals surface area contributed by atoms with Crippen molar-refractivity contribution < 1.29 is 8.78 Å². The van der Waals surface area contributed by atoms with Crippen molar-refractivity contribution in [2.24, 2.45) is 0 Å². The monoisotopic (exact) mass is 466 g/mol. The lowest BCUT2D eigenvalue weighted by molar-refractivity contribution is 0.515. The van der Waals surface area contributed by atoms with Gasteiger partial charge in [0.25, 0.3) is 0 Å². The van der Waals surface area contributed by atoms with Crippen molar-refractivity contribution in [2.45, 2.75) is 19.3 Å². The Kier molecular flexibility index (Phi) is 4.70. The van der Waals surface area contributed by atoms with E-state index in [9.17, 15) is 4.39 Å². The topological polar surface area (TPSA) is 68.5 Å². The van der Waals surface area contributed by atoms with E-state index in [-0.39, 0.29) is 11.3 Å². The zero-order chi connectivity index (χ0) is 24.2. The molecule has 0 amide bonds. The van der Waals surface area contributed by atoms with Gasteiger partial charge in [-0.05, 0) is 38.1 Å². The predicted octanol–water partition coefficient (Wildman–Crippen LogP) is 6.05. The van der Waals surface area contributed by atoms with Gasteiger partial charge in [0.05, 0.1) is 34.5 Å². The van der Waals surface area contributed by atoms with E-state index in [0.29, 0.717) is 28.8 Å². The fourth-order valence-electron chi connectivity index (χ4n) is 4.38. The summed E-state index contributed by atoms with van der Waals surface area (Å²) in [6.45, 7) is 4.03. The summed E-state index contributed by atoms with van der Waals surface area (Å²) >= 11 is 0. The lowest BCUT2D eigenvalue weighted by Crippen LogP contribution is -2.23. The molecule has 0 radical (unpaired) electrons. The molecule has 5 heterocycles. The predicted molar refractivity (Wildman–Crippen MR) is 130 cm³/mol. The zero-order valence-electron chi connectivity index (χ0n) is 19.0. The van der Waals surface area contributed by atoms with Crippen LogP contribution in [0.25, 0.3) is 28.5 Å². The second-order valence-electron chi connectivity index (χ2n) is 8.87. The highest BCUT2D eigenvalue weighted by Gasteiger charge is 2.29. The molecular formula is C27H20F2N6. The van der Waals surface area contributed by atoms with Crippen molar-refractivity contribution >= 4 is 11.5 Å². The quantitative estimate of drug-likeness (QED) is 0.305. The largest absolute Gasteiger partial charge is 0.339 e. The molecule has 6 nitrogen and oxygen atoms in total. The van der Waals surface area contributed by atoms with Crippen LogP contribution >= 0.6 is 0 Å². The fourth-order valence-corrected chi connectivity index (χ4v) is 4.38. The minimum absolute atomic E-state index is 0.0789. The molecule has 172 valence electrons. The van der Waals surface area contributed by atoms with Crippen LogP contribution in [0.15, 0.2) is 79.0 Å². The maximum atomic E-state index is 15.1. The van der Waals surface area contributed by atoms with Gasteiger partial charge in [-0.3, -0.25) is 9.55 Å². The molecule has 0 fully saturated rings. The van der Waals surface area contributed by atoms with E-state index in [0.717, 1.165) is 17.3 Å². The number of pyridine rings is 3. The Morgan fingerprint density at radius 3 is 2.37 bits per heavy atom. The van der Waals surface area contributed by atoms with E-state index in [4.69, 9.17) is 9.97 Å². The zero-order valence-corrected chi connectivity index (χ0v) is 19.0. The van der Waals surface area contributed by atoms with Gasteiger partial charge in [-0.2, -0.15) is 13.8 Å². The van der Waals surface area contributed by atoms with Gasteiger partial charge < -0.3 is 5.32 Å². The van der Waals surface area contributed by atoms with E-state index in [1.165, 1.54) is 0 Å². The summed E-state index contributed by atoms with van der Waals surface area (Å²) in [6.07, 6.45) is 1.62. The average Bonchev–Trinajstić information content (AvgIpc) is 3.27. The second kappa shape index (κ2) is 7.80. The van der Waals surface area contributed by atoms with E-state index in [1.54, 1.807) is 18.3 Å². The number of benzene rings is 1. The van der Waals surface area contributed by atoms with Crippen LogP contribution in [-0.2, 0) is 5.41 Å². The molecule has 1 aliphatic heterocycles. The van der Waals surface area contributed by atoms with Crippen molar-refractivity contribution in [1.82, 2.24) is 24.5 Å². The summed E-state index contributed by atoms with van der Waals surface area (Å²) in [7, 11) is 0. The van der Waals surface area contributed by atoms with E-state index >= 15 is 4.39 Å². The lowest BCUT2D eigenvalue weighted by Gasteiger charge is -2.26. The highest BCUT2D eigenvalue weighted by atomic mass is 19.1. The van der Waals surface area contributed by atoms with E-state index in [1.807, 2.05) is 73.0 Å². The molecule has 8 heteroatoms. The molecule has 6 rings (SSSR count). The Balaban J connectivity index is 1.70. The van der Waals surface area contributed by atoms with Crippen LogP contribution in [0.2, 0.25) is 0 Å². The first-order valence-corrected chi connectivity index (χ1v) is 11.1. The number of hydrogen-bond donors (Lipinski definition) is 1. The normalized spacial score (nSPS) is 13.6. The number of halogens is 2. The van der Waals surface area contributed by atoms with Crippen LogP contribution in [0.4, 0.5) is 20.3 Å². The maximum absolute atomic E-state index is 15.1. The molecule has 0 atom stereocenters.